The summed E-state index contributed by atoms with van der Waals surface area (Å²) in [5.41, 5.74) is 0.940. The first-order valence-electron chi connectivity index (χ1n) is 5.71. The molecule has 1 rings (SSSR count). The highest BCUT2D eigenvalue weighted by atomic mass is 35.5. The molecule has 0 bridgehead atoms. The second-order valence-electron chi connectivity index (χ2n) is 3.89. The van der Waals surface area contributed by atoms with Gasteiger partial charge in [0.1, 0.15) is 5.82 Å². The number of halogens is 2. The van der Waals surface area contributed by atoms with Crippen molar-refractivity contribution in [2.75, 3.05) is 19.0 Å². The molecular formula is C13H17ClFNO. The van der Waals surface area contributed by atoms with E-state index in [-0.39, 0.29) is 11.7 Å². The lowest BCUT2D eigenvalue weighted by Crippen LogP contribution is -2.32. The maximum atomic E-state index is 13.4. The Kier molecular flexibility index (Phi) is 5.42. The summed E-state index contributed by atoms with van der Waals surface area (Å²) in [5, 5.41) is 0. The number of amides is 1. The van der Waals surface area contributed by atoms with E-state index in [1.165, 1.54) is 6.07 Å². The predicted molar refractivity (Wildman–Crippen MR) is 68.1 cm³/mol. The first-order chi connectivity index (χ1) is 8.10. The lowest BCUT2D eigenvalue weighted by molar-refractivity contribution is 0.0764. The first kappa shape index (κ1) is 14.0. The molecule has 0 fully saturated rings. The third-order valence-electron chi connectivity index (χ3n) is 2.65. The van der Waals surface area contributed by atoms with Crippen LogP contribution in [0.3, 0.4) is 0 Å². The van der Waals surface area contributed by atoms with Crippen LogP contribution in [0.5, 0.6) is 0 Å². The second kappa shape index (κ2) is 6.60. The second-order valence-corrected chi connectivity index (χ2v) is 4.27. The summed E-state index contributed by atoms with van der Waals surface area (Å²) in [6, 6.07) is 4.57. The Bertz CT molecular complexity index is 395. The number of carbonyl (C=O) groups excluding carboxylic acids is 1. The van der Waals surface area contributed by atoms with E-state index < -0.39 is 0 Å². The van der Waals surface area contributed by atoms with Crippen molar-refractivity contribution in [2.24, 2.45) is 0 Å². The third kappa shape index (κ3) is 3.70. The zero-order chi connectivity index (χ0) is 12.8. The molecule has 2 nitrogen and oxygen atoms in total. The van der Waals surface area contributed by atoms with E-state index in [1.54, 1.807) is 24.0 Å². The standard InChI is InChI=1S/C13H17ClFNO/c1-3-16(8-4-7-14)13(17)11-6-5-10(2)12(15)9-11/h5-6,9H,3-4,7-8H2,1-2H3. The van der Waals surface area contributed by atoms with Crippen LogP contribution in [0.25, 0.3) is 0 Å². The van der Waals surface area contributed by atoms with E-state index in [2.05, 4.69) is 0 Å². The summed E-state index contributed by atoms with van der Waals surface area (Å²) in [5.74, 6) is 0.0345. The Morgan fingerprint density at radius 3 is 2.71 bits per heavy atom. The summed E-state index contributed by atoms with van der Waals surface area (Å²) in [6.45, 7) is 4.78. The SMILES string of the molecule is CCN(CCCCl)C(=O)c1ccc(C)c(F)c1. The molecule has 0 N–H and O–H groups in total. The average molecular weight is 258 g/mol. The molecule has 0 aliphatic rings. The summed E-state index contributed by atoms with van der Waals surface area (Å²) >= 11 is 5.60. The zero-order valence-corrected chi connectivity index (χ0v) is 10.9. The Balaban J connectivity index is 2.82. The number of rotatable bonds is 5. The van der Waals surface area contributed by atoms with Crippen LogP contribution in [0.2, 0.25) is 0 Å². The summed E-state index contributed by atoms with van der Waals surface area (Å²) < 4.78 is 13.4. The first-order valence-corrected chi connectivity index (χ1v) is 6.25. The molecule has 0 radical (unpaired) electrons. The van der Waals surface area contributed by atoms with E-state index in [0.29, 0.717) is 30.1 Å². The number of benzene rings is 1. The number of alkyl halides is 1. The topological polar surface area (TPSA) is 20.3 Å². The minimum atomic E-state index is -0.343. The van der Waals surface area contributed by atoms with Crippen molar-refractivity contribution in [1.29, 1.82) is 0 Å². The van der Waals surface area contributed by atoms with Crippen molar-refractivity contribution in [3.05, 3.63) is 35.1 Å². The van der Waals surface area contributed by atoms with Gasteiger partial charge in [0.15, 0.2) is 0 Å². The highest BCUT2D eigenvalue weighted by Crippen LogP contribution is 2.12. The number of aryl methyl sites for hydroxylation is 1. The molecule has 1 aromatic rings. The lowest BCUT2D eigenvalue weighted by Gasteiger charge is -2.20. The van der Waals surface area contributed by atoms with Gasteiger partial charge in [-0.1, -0.05) is 6.07 Å². The third-order valence-corrected chi connectivity index (χ3v) is 2.92. The van der Waals surface area contributed by atoms with Crippen LogP contribution in [0.4, 0.5) is 4.39 Å². The molecule has 4 heteroatoms. The summed E-state index contributed by atoms with van der Waals surface area (Å²) in [6.07, 6.45) is 0.746. The average Bonchev–Trinajstić information content (AvgIpc) is 2.33. The maximum Gasteiger partial charge on any atom is 0.253 e. The normalized spacial score (nSPS) is 10.4. The minimum Gasteiger partial charge on any atom is -0.339 e. The van der Waals surface area contributed by atoms with E-state index in [0.717, 1.165) is 6.42 Å². The Hall–Kier alpha value is -1.09. The monoisotopic (exact) mass is 257 g/mol. The number of carbonyl (C=O) groups is 1. The van der Waals surface area contributed by atoms with Crippen molar-refractivity contribution in [2.45, 2.75) is 20.3 Å². The molecule has 0 atom stereocenters. The number of hydrogen-bond acceptors (Lipinski definition) is 1. The van der Waals surface area contributed by atoms with Crippen LogP contribution in [0, 0.1) is 12.7 Å². The van der Waals surface area contributed by atoms with Gasteiger partial charge in [-0.3, -0.25) is 4.79 Å². The van der Waals surface area contributed by atoms with E-state index in [1.807, 2.05) is 6.92 Å². The zero-order valence-electron chi connectivity index (χ0n) is 10.2. The number of nitrogens with zero attached hydrogens (tertiary/aromatic N) is 1. The van der Waals surface area contributed by atoms with Crippen molar-refractivity contribution in [3.63, 3.8) is 0 Å². The van der Waals surface area contributed by atoms with Crippen LogP contribution in [0.15, 0.2) is 18.2 Å². The Morgan fingerprint density at radius 2 is 2.18 bits per heavy atom. The van der Waals surface area contributed by atoms with Crippen molar-refractivity contribution < 1.29 is 9.18 Å². The summed E-state index contributed by atoms with van der Waals surface area (Å²) in [7, 11) is 0. The molecule has 0 unspecified atom stereocenters. The predicted octanol–water partition coefficient (Wildman–Crippen LogP) is 3.23. The molecule has 0 saturated carbocycles. The molecular weight excluding hydrogens is 241 g/mol. The maximum absolute atomic E-state index is 13.4. The van der Waals surface area contributed by atoms with E-state index in [4.69, 9.17) is 11.6 Å². The molecule has 0 spiro atoms. The molecule has 0 saturated heterocycles. The Labute approximate surface area is 106 Å². The van der Waals surface area contributed by atoms with Crippen molar-refractivity contribution in [1.82, 2.24) is 4.90 Å². The van der Waals surface area contributed by atoms with Crippen LogP contribution in [0.1, 0.15) is 29.3 Å². The summed E-state index contributed by atoms with van der Waals surface area (Å²) in [4.78, 5) is 13.7. The van der Waals surface area contributed by atoms with Crippen LogP contribution < -0.4 is 0 Å². The molecule has 94 valence electrons. The van der Waals surface area contributed by atoms with E-state index >= 15 is 0 Å². The van der Waals surface area contributed by atoms with Gasteiger partial charge in [0.2, 0.25) is 0 Å². The van der Waals surface area contributed by atoms with Gasteiger partial charge in [0.25, 0.3) is 5.91 Å². The molecule has 1 aromatic carbocycles. The van der Waals surface area contributed by atoms with Gasteiger partial charge >= 0.3 is 0 Å². The molecule has 0 aliphatic carbocycles. The Morgan fingerprint density at radius 1 is 1.47 bits per heavy atom. The van der Waals surface area contributed by atoms with Crippen LogP contribution >= 0.6 is 11.6 Å². The molecule has 1 amide bonds. The quantitative estimate of drug-likeness (QED) is 0.742. The van der Waals surface area contributed by atoms with Crippen LogP contribution in [-0.2, 0) is 0 Å². The van der Waals surface area contributed by atoms with Gasteiger partial charge in [-0.05, 0) is 38.0 Å². The largest absolute Gasteiger partial charge is 0.339 e. The van der Waals surface area contributed by atoms with E-state index in [9.17, 15) is 9.18 Å². The smallest absolute Gasteiger partial charge is 0.253 e. The van der Waals surface area contributed by atoms with Gasteiger partial charge in [-0.2, -0.15) is 0 Å². The van der Waals surface area contributed by atoms with Gasteiger partial charge in [-0.25, -0.2) is 4.39 Å². The van der Waals surface area contributed by atoms with Crippen molar-refractivity contribution in [3.8, 4) is 0 Å². The molecule has 0 aliphatic heterocycles. The van der Waals surface area contributed by atoms with Crippen molar-refractivity contribution >= 4 is 17.5 Å². The fourth-order valence-electron chi connectivity index (χ4n) is 1.56. The van der Waals surface area contributed by atoms with Gasteiger partial charge in [0, 0.05) is 24.5 Å². The fourth-order valence-corrected chi connectivity index (χ4v) is 1.68. The highest BCUT2D eigenvalue weighted by molar-refractivity contribution is 6.17. The van der Waals surface area contributed by atoms with Gasteiger partial charge in [-0.15, -0.1) is 11.6 Å². The van der Waals surface area contributed by atoms with Crippen LogP contribution in [-0.4, -0.2) is 29.8 Å². The molecule has 0 heterocycles. The highest BCUT2D eigenvalue weighted by Gasteiger charge is 2.14. The molecule has 0 aromatic heterocycles. The van der Waals surface area contributed by atoms with Gasteiger partial charge < -0.3 is 4.90 Å². The fraction of sp³-hybridized carbons (Fsp3) is 0.462. The lowest BCUT2D eigenvalue weighted by atomic mass is 10.1. The van der Waals surface area contributed by atoms with Gasteiger partial charge in [0.05, 0.1) is 0 Å². The molecule has 17 heavy (non-hydrogen) atoms. The number of hydrogen-bond donors (Lipinski definition) is 0. The minimum absolute atomic E-state index is 0.142.